The number of amides is 4. The fraction of sp³-hybridized carbons (Fsp3) is 0.571. The van der Waals surface area contributed by atoms with E-state index in [-0.39, 0.29) is 36.0 Å². The lowest BCUT2D eigenvalue weighted by Gasteiger charge is -2.36. The van der Waals surface area contributed by atoms with Crippen LogP contribution in [0.1, 0.15) is 79.7 Å². The molecule has 1 aromatic carbocycles. The van der Waals surface area contributed by atoms with Crippen LogP contribution in [0.15, 0.2) is 43.1 Å². The number of pyridine rings is 1. The van der Waals surface area contributed by atoms with Gasteiger partial charge in [-0.3, -0.25) is 24.1 Å². The van der Waals surface area contributed by atoms with Crippen molar-refractivity contribution < 1.29 is 50.2 Å². The Morgan fingerprint density at radius 1 is 1.06 bits per heavy atom. The molecule has 2 heterocycles. The molecule has 1 saturated heterocycles. The molecule has 2 aliphatic rings. The number of carbonyl (C=O) groups is 4. The van der Waals surface area contributed by atoms with E-state index >= 15 is 0 Å². The average Bonchev–Trinajstić information content (AvgIpc) is 3.78. The number of alkyl carbamates (subject to hydrolysis) is 1. The van der Waals surface area contributed by atoms with E-state index in [0.717, 1.165) is 12.1 Å². The molecule has 0 unspecified atom stereocenters. The molecule has 0 bridgehead atoms. The molecule has 4 rings (SSSR count). The zero-order valence-electron chi connectivity index (χ0n) is 30.2. The van der Waals surface area contributed by atoms with Crippen molar-refractivity contribution in [2.45, 2.75) is 115 Å². The summed E-state index contributed by atoms with van der Waals surface area (Å²) in [6, 6.07) is 1.92. The summed E-state index contributed by atoms with van der Waals surface area (Å²) in [6.07, 6.45) is -3.27. The number of nitrogens with zero attached hydrogens (tertiary/aromatic N) is 2. The SMILES string of the molecule is C=CC[C@@](C)(NC(=O)[C@@H]1C[C@@H](Oc2ccnc3cc(C(F)(F)F)ccc23)CN1C(=O)[C@@H](NC(=O)OC(C)(C)C)C(C)(C)C)C(=O)NS(=O)(=O)C1CC1. The number of ether oxygens (including phenoxy) is 2. The number of carbonyl (C=O) groups excluding carboxylic acids is 4. The normalized spacial score (nSPS) is 20.0. The number of fused-ring (bicyclic) bond motifs is 1. The number of rotatable bonds is 11. The molecule has 2 aromatic rings. The number of alkyl halides is 3. The van der Waals surface area contributed by atoms with Crippen molar-refractivity contribution in [3.63, 3.8) is 0 Å². The van der Waals surface area contributed by atoms with Crippen LogP contribution >= 0.6 is 0 Å². The Bertz CT molecular complexity index is 1840. The first-order valence-corrected chi connectivity index (χ1v) is 18.3. The molecule has 1 aliphatic heterocycles. The van der Waals surface area contributed by atoms with Crippen molar-refractivity contribution >= 4 is 44.7 Å². The summed E-state index contributed by atoms with van der Waals surface area (Å²) in [6.45, 7) is 14.8. The number of hydrogen-bond acceptors (Lipinski definition) is 9. The lowest BCUT2D eigenvalue weighted by molar-refractivity contribution is -0.143. The number of halogens is 3. The minimum atomic E-state index is -4.60. The van der Waals surface area contributed by atoms with Crippen molar-refractivity contribution in [1.29, 1.82) is 0 Å². The minimum absolute atomic E-state index is 0.00857. The third-order valence-electron chi connectivity index (χ3n) is 8.60. The second-order valence-electron chi connectivity index (χ2n) is 15.5. The van der Waals surface area contributed by atoms with E-state index in [9.17, 15) is 40.8 Å². The van der Waals surface area contributed by atoms with E-state index in [4.69, 9.17) is 9.47 Å². The first-order valence-electron chi connectivity index (χ1n) is 16.8. The number of likely N-dealkylation sites (tertiary alicyclic amines) is 1. The fourth-order valence-electron chi connectivity index (χ4n) is 5.74. The third-order valence-corrected chi connectivity index (χ3v) is 10.4. The monoisotopic (exact) mass is 753 g/mol. The van der Waals surface area contributed by atoms with E-state index in [0.29, 0.717) is 12.8 Å². The highest BCUT2D eigenvalue weighted by Gasteiger charge is 2.49. The first-order chi connectivity index (χ1) is 23.8. The van der Waals surface area contributed by atoms with E-state index in [1.165, 1.54) is 36.2 Å². The summed E-state index contributed by atoms with van der Waals surface area (Å²) in [5.74, 6) is -2.33. The highest BCUT2D eigenvalue weighted by molar-refractivity contribution is 7.91. The number of aromatic nitrogens is 1. The van der Waals surface area contributed by atoms with E-state index < -0.39 is 85.6 Å². The molecule has 1 aliphatic carbocycles. The molecular formula is C35H46F3N5O8S. The molecule has 4 amide bonds. The molecule has 17 heteroatoms. The van der Waals surface area contributed by atoms with Gasteiger partial charge < -0.3 is 25.0 Å². The maximum absolute atomic E-state index is 14.4. The van der Waals surface area contributed by atoms with E-state index in [2.05, 4.69) is 26.9 Å². The second kappa shape index (κ2) is 14.5. The van der Waals surface area contributed by atoms with Gasteiger partial charge in [0, 0.05) is 18.0 Å². The quantitative estimate of drug-likeness (QED) is 0.277. The van der Waals surface area contributed by atoms with Gasteiger partial charge in [0.05, 0.1) is 22.9 Å². The summed E-state index contributed by atoms with van der Waals surface area (Å²) in [5, 5.41) is 4.78. The largest absolute Gasteiger partial charge is 0.488 e. The fourth-order valence-corrected chi connectivity index (χ4v) is 7.15. The molecule has 1 aromatic heterocycles. The molecule has 4 atom stereocenters. The van der Waals surface area contributed by atoms with Crippen molar-refractivity contribution in [3.8, 4) is 5.75 Å². The smallest absolute Gasteiger partial charge is 0.416 e. The van der Waals surface area contributed by atoms with Gasteiger partial charge in [0.25, 0.3) is 5.91 Å². The number of benzene rings is 1. The first kappa shape index (κ1) is 40.4. The van der Waals surface area contributed by atoms with Gasteiger partial charge in [-0.1, -0.05) is 26.8 Å². The Labute approximate surface area is 301 Å². The van der Waals surface area contributed by atoms with Gasteiger partial charge in [-0.25, -0.2) is 13.2 Å². The number of nitrogens with one attached hydrogen (secondary N) is 3. The zero-order chi connectivity index (χ0) is 39.0. The third kappa shape index (κ3) is 9.72. The standard InChI is InChI=1S/C35H46F3N5O8S/c1-9-15-34(8,30(46)42-52(48,49)22-11-12-22)41-28(44)25-18-21(50-26-14-16-39-24-17-20(35(36,37)38)10-13-23(24)26)19-43(25)29(45)27(32(2,3)4)40-31(47)51-33(5,6)7/h9-10,13-14,16-17,21-22,25,27H,1,11-12,15,18-19H2,2-8H3,(H,40,47)(H,41,44)(H,42,46)/t21-,25+,27-,34-/m1/s1. The number of hydrogen-bond donors (Lipinski definition) is 3. The van der Waals surface area contributed by atoms with Crippen LogP contribution in [-0.4, -0.2) is 83.2 Å². The van der Waals surface area contributed by atoms with E-state index in [1.807, 2.05) is 0 Å². The predicted molar refractivity (Wildman–Crippen MR) is 185 cm³/mol. The zero-order valence-corrected chi connectivity index (χ0v) is 31.0. The van der Waals surface area contributed by atoms with Gasteiger partial charge in [-0.05, 0) is 76.6 Å². The molecule has 13 nitrogen and oxygen atoms in total. The summed E-state index contributed by atoms with van der Waals surface area (Å²) < 4.78 is 79.1. The molecule has 52 heavy (non-hydrogen) atoms. The maximum Gasteiger partial charge on any atom is 0.416 e. The van der Waals surface area contributed by atoms with Crippen LogP contribution in [0, 0.1) is 5.41 Å². The Hall–Kier alpha value is -4.41. The lowest BCUT2D eigenvalue weighted by Crippen LogP contribution is -2.62. The van der Waals surface area contributed by atoms with Crippen LogP contribution in [0.4, 0.5) is 18.0 Å². The van der Waals surface area contributed by atoms with Crippen LogP contribution in [0.5, 0.6) is 5.75 Å². The molecule has 0 spiro atoms. The Morgan fingerprint density at radius 3 is 2.27 bits per heavy atom. The summed E-state index contributed by atoms with van der Waals surface area (Å²) in [5.41, 5.74) is -4.48. The average molecular weight is 754 g/mol. The van der Waals surface area contributed by atoms with Crippen LogP contribution in [0.25, 0.3) is 10.9 Å². The van der Waals surface area contributed by atoms with Crippen LogP contribution in [-0.2, 0) is 35.3 Å². The highest BCUT2D eigenvalue weighted by Crippen LogP contribution is 2.35. The predicted octanol–water partition coefficient (Wildman–Crippen LogP) is 4.60. The van der Waals surface area contributed by atoms with Crippen LogP contribution in [0.2, 0.25) is 0 Å². The molecule has 1 saturated carbocycles. The van der Waals surface area contributed by atoms with Gasteiger partial charge in [-0.2, -0.15) is 13.2 Å². The summed E-state index contributed by atoms with van der Waals surface area (Å²) >= 11 is 0. The Kier molecular flexibility index (Phi) is 11.3. The molecule has 0 radical (unpaired) electrons. The second-order valence-corrected chi connectivity index (χ2v) is 17.4. The Balaban J connectivity index is 1.68. The van der Waals surface area contributed by atoms with Crippen molar-refractivity contribution in [2.24, 2.45) is 5.41 Å². The topological polar surface area (TPSA) is 173 Å². The van der Waals surface area contributed by atoms with Gasteiger partial charge in [0.1, 0.15) is 35.1 Å². The summed E-state index contributed by atoms with van der Waals surface area (Å²) in [4.78, 5) is 60.0. The molecular weight excluding hydrogens is 707 g/mol. The van der Waals surface area contributed by atoms with E-state index in [1.54, 1.807) is 41.5 Å². The van der Waals surface area contributed by atoms with Gasteiger partial charge in [0.2, 0.25) is 21.8 Å². The Morgan fingerprint density at radius 2 is 1.71 bits per heavy atom. The van der Waals surface area contributed by atoms with Crippen LogP contribution < -0.4 is 20.1 Å². The lowest BCUT2D eigenvalue weighted by atomic mass is 9.85. The molecule has 3 N–H and O–H groups in total. The summed E-state index contributed by atoms with van der Waals surface area (Å²) in [7, 11) is -3.98. The molecule has 2 fully saturated rings. The minimum Gasteiger partial charge on any atom is -0.488 e. The van der Waals surface area contributed by atoms with Crippen LogP contribution in [0.3, 0.4) is 0 Å². The van der Waals surface area contributed by atoms with Crippen molar-refractivity contribution in [1.82, 2.24) is 25.2 Å². The van der Waals surface area contributed by atoms with Gasteiger partial charge >= 0.3 is 12.3 Å². The molecule has 286 valence electrons. The van der Waals surface area contributed by atoms with Crippen molar-refractivity contribution in [2.75, 3.05) is 6.54 Å². The van der Waals surface area contributed by atoms with Gasteiger partial charge in [-0.15, -0.1) is 6.58 Å². The number of sulfonamides is 1. The highest BCUT2D eigenvalue weighted by atomic mass is 32.2. The van der Waals surface area contributed by atoms with Crippen molar-refractivity contribution in [3.05, 3.63) is 48.7 Å². The maximum atomic E-state index is 14.4. The van der Waals surface area contributed by atoms with Gasteiger partial charge in [0.15, 0.2) is 0 Å².